The summed E-state index contributed by atoms with van der Waals surface area (Å²) < 4.78 is 2.36. The third kappa shape index (κ3) is 2.17. The van der Waals surface area contributed by atoms with Crippen molar-refractivity contribution in [3.05, 3.63) is 54.6 Å². The monoisotopic (exact) mass is 251 g/mol. The van der Waals surface area contributed by atoms with Gasteiger partial charge in [0, 0.05) is 28.4 Å². The molecule has 3 aromatic rings. The normalized spacial score (nSPS) is 10.3. The molecule has 0 aliphatic carbocycles. The van der Waals surface area contributed by atoms with Gasteiger partial charge in [0.2, 0.25) is 0 Å². The standard InChI is InChI=1S/C16H15N.C2H6/c1-3-12-9-10-16-14(11-12)13-7-5-6-8-15(13)17(16)4-2;1-2/h3,5-11H,1,4H2,2H3;1-2H3. The van der Waals surface area contributed by atoms with E-state index < -0.39 is 0 Å². The Balaban J connectivity index is 0.000000637. The predicted octanol–water partition coefficient (Wildman–Crippen LogP) is 5.48. The zero-order valence-corrected chi connectivity index (χ0v) is 12.0. The lowest BCUT2D eigenvalue weighted by Gasteiger charge is -2.02. The number of aryl methyl sites for hydroxylation is 1. The highest BCUT2D eigenvalue weighted by atomic mass is 15.0. The minimum atomic E-state index is 0.997. The van der Waals surface area contributed by atoms with Crippen molar-refractivity contribution < 1.29 is 0 Å². The van der Waals surface area contributed by atoms with Crippen molar-refractivity contribution in [3.63, 3.8) is 0 Å². The SMILES string of the molecule is C=Cc1ccc2c(c1)c1ccccc1n2CC.CC. The van der Waals surface area contributed by atoms with Crippen molar-refractivity contribution in [1.29, 1.82) is 0 Å². The Labute approximate surface area is 115 Å². The summed E-state index contributed by atoms with van der Waals surface area (Å²) in [4.78, 5) is 0. The van der Waals surface area contributed by atoms with Crippen LogP contribution in [0.15, 0.2) is 49.0 Å². The van der Waals surface area contributed by atoms with Crippen molar-refractivity contribution in [3.8, 4) is 0 Å². The first-order valence-electron chi connectivity index (χ1n) is 6.98. The summed E-state index contributed by atoms with van der Waals surface area (Å²) in [5.41, 5.74) is 3.79. The Bertz CT molecular complexity index is 704. The van der Waals surface area contributed by atoms with Gasteiger partial charge in [0.1, 0.15) is 0 Å². The van der Waals surface area contributed by atoms with Crippen LogP contribution in [-0.4, -0.2) is 4.57 Å². The summed E-state index contributed by atoms with van der Waals surface area (Å²) in [5, 5.41) is 2.65. The number of aromatic nitrogens is 1. The van der Waals surface area contributed by atoms with Gasteiger partial charge in [-0.3, -0.25) is 0 Å². The van der Waals surface area contributed by atoms with Crippen molar-refractivity contribution in [2.45, 2.75) is 27.3 Å². The number of para-hydroxylation sites is 1. The molecule has 0 bridgehead atoms. The molecular formula is C18H21N. The van der Waals surface area contributed by atoms with Crippen LogP contribution in [0.3, 0.4) is 0 Å². The van der Waals surface area contributed by atoms with E-state index in [-0.39, 0.29) is 0 Å². The number of nitrogens with zero attached hydrogens (tertiary/aromatic N) is 1. The molecule has 0 radical (unpaired) electrons. The van der Waals surface area contributed by atoms with Crippen molar-refractivity contribution in [2.24, 2.45) is 0 Å². The van der Waals surface area contributed by atoms with Gasteiger partial charge in [0.25, 0.3) is 0 Å². The van der Waals surface area contributed by atoms with Crippen LogP contribution in [-0.2, 0) is 6.54 Å². The van der Waals surface area contributed by atoms with Crippen LogP contribution in [0.4, 0.5) is 0 Å². The van der Waals surface area contributed by atoms with E-state index in [4.69, 9.17) is 0 Å². The Morgan fingerprint density at radius 3 is 2.37 bits per heavy atom. The lowest BCUT2D eigenvalue weighted by Crippen LogP contribution is -1.92. The van der Waals surface area contributed by atoms with Crippen LogP contribution in [0.1, 0.15) is 26.3 Å². The van der Waals surface area contributed by atoms with E-state index in [9.17, 15) is 0 Å². The maximum atomic E-state index is 3.84. The van der Waals surface area contributed by atoms with E-state index >= 15 is 0 Å². The molecule has 0 atom stereocenters. The molecule has 0 unspecified atom stereocenters. The van der Waals surface area contributed by atoms with Crippen LogP contribution in [0.5, 0.6) is 0 Å². The maximum absolute atomic E-state index is 3.84. The van der Waals surface area contributed by atoms with E-state index in [1.807, 2.05) is 19.9 Å². The second-order valence-electron chi connectivity index (χ2n) is 4.24. The van der Waals surface area contributed by atoms with Crippen LogP contribution in [0.2, 0.25) is 0 Å². The highest BCUT2D eigenvalue weighted by Crippen LogP contribution is 2.29. The number of hydrogen-bond donors (Lipinski definition) is 0. The molecular weight excluding hydrogens is 230 g/mol. The van der Waals surface area contributed by atoms with Crippen molar-refractivity contribution in [2.75, 3.05) is 0 Å². The largest absolute Gasteiger partial charge is 0.341 e. The molecule has 1 aromatic heterocycles. The number of hydrogen-bond acceptors (Lipinski definition) is 0. The fourth-order valence-corrected chi connectivity index (χ4v) is 2.54. The van der Waals surface area contributed by atoms with Crippen molar-refractivity contribution >= 4 is 27.9 Å². The Morgan fingerprint density at radius 1 is 1.00 bits per heavy atom. The van der Waals surface area contributed by atoms with Gasteiger partial charge in [-0.2, -0.15) is 0 Å². The van der Waals surface area contributed by atoms with Gasteiger partial charge in [-0.1, -0.05) is 50.8 Å². The van der Waals surface area contributed by atoms with E-state index in [0.717, 1.165) is 6.54 Å². The molecule has 0 aliphatic heterocycles. The zero-order chi connectivity index (χ0) is 13.8. The van der Waals surface area contributed by atoms with E-state index in [1.165, 1.54) is 27.4 Å². The average molecular weight is 251 g/mol. The Hall–Kier alpha value is -2.02. The molecule has 98 valence electrons. The lowest BCUT2D eigenvalue weighted by molar-refractivity contribution is 0.827. The minimum Gasteiger partial charge on any atom is -0.341 e. The second kappa shape index (κ2) is 5.75. The van der Waals surface area contributed by atoms with Gasteiger partial charge in [-0.15, -0.1) is 0 Å². The van der Waals surface area contributed by atoms with Crippen LogP contribution >= 0.6 is 0 Å². The quantitative estimate of drug-likeness (QED) is 0.568. The Morgan fingerprint density at radius 2 is 1.68 bits per heavy atom. The van der Waals surface area contributed by atoms with Crippen LogP contribution in [0, 0.1) is 0 Å². The molecule has 0 N–H and O–H groups in total. The molecule has 0 amide bonds. The first kappa shape index (κ1) is 13.4. The summed E-state index contributed by atoms with van der Waals surface area (Å²) in [6, 6.07) is 15.1. The van der Waals surface area contributed by atoms with E-state index in [0.29, 0.717) is 0 Å². The summed E-state index contributed by atoms with van der Waals surface area (Å²) >= 11 is 0. The smallest absolute Gasteiger partial charge is 0.0491 e. The number of fused-ring (bicyclic) bond motifs is 3. The van der Waals surface area contributed by atoms with Crippen LogP contribution in [0.25, 0.3) is 27.9 Å². The molecule has 0 spiro atoms. The van der Waals surface area contributed by atoms with E-state index in [2.05, 4.69) is 60.5 Å². The van der Waals surface area contributed by atoms with Crippen molar-refractivity contribution in [1.82, 2.24) is 4.57 Å². The highest BCUT2D eigenvalue weighted by molar-refractivity contribution is 6.08. The van der Waals surface area contributed by atoms with Gasteiger partial charge >= 0.3 is 0 Å². The average Bonchev–Trinajstić information content (AvgIpc) is 2.82. The summed E-state index contributed by atoms with van der Waals surface area (Å²) in [5.74, 6) is 0. The highest BCUT2D eigenvalue weighted by Gasteiger charge is 2.08. The van der Waals surface area contributed by atoms with Crippen LogP contribution < -0.4 is 0 Å². The topological polar surface area (TPSA) is 4.93 Å². The third-order valence-corrected chi connectivity index (χ3v) is 3.35. The zero-order valence-electron chi connectivity index (χ0n) is 12.0. The number of benzene rings is 2. The first-order chi connectivity index (χ1) is 9.35. The fourth-order valence-electron chi connectivity index (χ4n) is 2.54. The minimum absolute atomic E-state index is 0.997. The molecule has 3 rings (SSSR count). The molecule has 1 nitrogen and oxygen atoms in total. The summed E-state index contributed by atoms with van der Waals surface area (Å²) in [6.07, 6.45) is 1.90. The van der Waals surface area contributed by atoms with E-state index in [1.54, 1.807) is 0 Å². The molecule has 1 heteroatoms. The fraction of sp³-hybridized carbons (Fsp3) is 0.222. The molecule has 0 aliphatic rings. The van der Waals surface area contributed by atoms with Gasteiger partial charge in [-0.25, -0.2) is 0 Å². The first-order valence-corrected chi connectivity index (χ1v) is 6.98. The van der Waals surface area contributed by atoms with Gasteiger partial charge in [0.05, 0.1) is 0 Å². The predicted molar refractivity (Wildman–Crippen MR) is 86.6 cm³/mol. The molecule has 1 heterocycles. The summed E-state index contributed by atoms with van der Waals surface area (Å²) in [7, 11) is 0. The molecule has 2 aromatic carbocycles. The summed E-state index contributed by atoms with van der Waals surface area (Å²) in [6.45, 7) is 11.0. The number of rotatable bonds is 2. The third-order valence-electron chi connectivity index (χ3n) is 3.35. The molecule has 0 fully saturated rings. The van der Waals surface area contributed by atoms with Gasteiger partial charge in [-0.05, 0) is 30.7 Å². The Kier molecular flexibility index (Phi) is 4.06. The lowest BCUT2D eigenvalue weighted by atomic mass is 10.1. The molecule has 0 saturated heterocycles. The van der Waals surface area contributed by atoms with Gasteiger partial charge in [0.15, 0.2) is 0 Å². The second-order valence-corrected chi connectivity index (χ2v) is 4.24. The molecule has 19 heavy (non-hydrogen) atoms. The van der Waals surface area contributed by atoms with Gasteiger partial charge < -0.3 is 4.57 Å². The molecule has 0 saturated carbocycles. The maximum Gasteiger partial charge on any atom is 0.0491 e.